The number of guanidine groups is 1. The van der Waals surface area contributed by atoms with E-state index < -0.39 is 16.8 Å². The first kappa shape index (κ1) is 33.8. The van der Waals surface area contributed by atoms with Gasteiger partial charge >= 0.3 is 293 Å². The van der Waals surface area contributed by atoms with Crippen LogP contribution in [0.25, 0.3) is 0 Å². The molecular weight excluding hydrogens is 622 g/mol. The van der Waals surface area contributed by atoms with E-state index >= 15 is 0 Å². The Morgan fingerprint density at radius 1 is 0.562 bits per heavy atom. The molecule has 0 bridgehead atoms. The van der Waals surface area contributed by atoms with Gasteiger partial charge in [0, 0.05) is 0 Å². The Hall–Kier alpha value is -4.12. The van der Waals surface area contributed by atoms with Gasteiger partial charge in [0.1, 0.15) is 0 Å². The molecule has 4 nitrogen and oxygen atoms in total. The van der Waals surface area contributed by atoms with E-state index in [4.69, 9.17) is 8.21 Å². The summed E-state index contributed by atoms with van der Waals surface area (Å²) in [7, 11) is 1.77. The van der Waals surface area contributed by atoms with Crippen molar-refractivity contribution in [3.63, 3.8) is 0 Å². The Morgan fingerprint density at radius 3 is 1.46 bits per heavy atom. The van der Waals surface area contributed by atoms with Gasteiger partial charge in [-0.25, -0.2) is 0 Å². The number of methoxy groups -OCH3 is 1. The summed E-state index contributed by atoms with van der Waals surface area (Å²) in [5.41, 5.74) is 9.26. The molecule has 0 spiro atoms. The van der Waals surface area contributed by atoms with E-state index in [0.29, 0.717) is 11.8 Å². The quantitative estimate of drug-likeness (QED) is 0.124. The molecular formula is C43H49N3OTi. The summed E-state index contributed by atoms with van der Waals surface area (Å²) in [6.07, 6.45) is 0. The van der Waals surface area contributed by atoms with Crippen LogP contribution in [0.1, 0.15) is 67.3 Å². The molecule has 0 amide bonds. The molecule has 0 aliphatic carbocycles. The number of para-hydroxylation sites is 3. The van der Waals surface area contributed by atoms with Gasteiger partial charge in [-0.2, -0.15) is 0 Å². The summed E-state index contributed by atoms with van der Waals surface area (Å²) < 4.78 is 15.2. The summed E-state index contributed by atoms with van der Waals surface area (Å²) in [6, 6.07) is 48.5. The maximum absolute atomic E-state index is 6.29. The Bertz CT molecular complexity index is 1680. The van der Waals surface area contributed by atoms with Crippen LogP contribution in [-0.2, 0) is 31.0 Å². The number of rotatable bonds is 12. The normalized spacial score (nSPS) is 14.4. The van der Waals surface area contributed by atoms with Gasteiger partial charge in [0.15, 0.2) is 0 Å². The predicted molar refractivity (Wildman–Crippen MR) is 200 cm³/mol. The molecule has 5 aromatic rings. The van der Waals surface area contributed by atoms with Crippen LogP contribution in [0.15, 0.2) is 137 Å². The van der Waals surface area contributed by atoms with Gasteiger partial charge in [0.05, 0.1) is 0 Å². The molecule has 1 heterocycles. The summed E-state index contributed by atoms with van der Waals surface area (Å²) >= 11 is -3.32. The van der Waals surface area contributed by atoms with Gasteiger partial charge in [0.25, 0.3) is 0 Å². The van der Waals surface area contributed by atoms with E-state index in [0.717, 1.165) is 44.7 Å². The molecule has 246 valence electrons. The summed E-state index contributed by atoms with van der Waals surface area (Å²) in [6.45, 7) is 11.0. The summed E-state index contributed by atoms with van der Waals surface area (Å²) in [5.74, 6) is 2.70. The molecule has 0 saturated carbocycles. The molecule has 1 fully saturated rings. The van der Waals surface area contributed by atoms with Gasteiger partial charge < -0.3 is 0 Å². The molecule has 6 rings (SSSR count). The fourth-order valence-electron chi connectivity index (χ4n) is 7.23. The predicted octanol–water partition coefficient (Wildman–Crippen LogP) is 10.3. The second-order valence-corrected chi connectivity index (χ2v) is 19.5. The molecule has 0 N–H and O–H groups in total. The van der Waals surface area contributed by atoms with E-state index in [-0.39, 0.29) is 0 Å². The van der Waals surface area contributed by atoms with Crippen molar-refractivity contribution in [3.8, 4) is 5.75 Å². The fourth-order valence-corrected chi connectivity index (χ4v) is 13.9. The number of anilines is 2. The molecule has 5 heteroatoms. The van der Waals surface area contributed by atoms with Crippen molar-refractivity contribution in [2.45, 2.75) is 53.7 Å². The van der Waals surface area contributed by atoms with Crippen LogP contribution < -0.4 is 14.5 Å². The van der Waals surface area contributed by atoms with Crippen LogP contribution in [0.5, 0.6) is 5.75 Å². The molecule has 1 aliphatic heterocycles. The first-order chi connectivity index (χ1) is 23.4. The third-order valence-corrected chi connectivity index (χ3v) is 15.5. The van der Waals surface area contributed by atoms with Crippen molar-refractivity contribution in [1.82, 2.24) is 0 Å². The third kappa shape index (κ3) is 7.61. The molecule has 48 heavy (non-hydrogen) atoms. The number of hydrogen-bond donors (Lipinski definition) is 0. The van der Waals surface area contributed by atoms with Crippen LogP contribution >= 0.6 is 0 Å². The topological polar surface area (TPSA) is 28.1 Å². The van der Waals surface area contributed by atoms with Crippen molar-refractivity contribution in [2.24, 2.45) is 3.47 Å². The molecule has 1 aliphatic rings. The minimum absolute atomic E-state index is 0.379. The van der Waals surface area contributed by atoms with Crippen molar-refractivity contribution >= 4 is 17.3 Å². The summed E-state index contributed by atoms with van der Waals surface area (Å²) in [5, 5.41) is 0. The van der Waals surface area contributed by atoms with E-state index in [9.17, 15) is 0 Å². The first-order valence-electron chi connectivity index (χ1n) is 17.4. The number of ether oxygens (including phenoxy) is 1. The van der Waals surface area contributed by atoms with Gasteiger partial charge in [0.2, 0.25) is 0 Å². The Kier molecular flexibility index (Phi) is 10.8. The monoisotopic (exact) mass is 671 g/mol. The zero-order chi connectivity index (χ0) is 33.5. The molecule has 0 atom stereocenters. The van der Waals surface area contributed by atoms with Crippen LogP contribution in [-0.4, -0.2) is 26.2 Å². The maximum atomic E-state index is 6.29. The molecule has 0 aromatic heterocycles. The third-order valence-electron chi connectivity index (χ3n) is 9.48. The van der Waals surface area contributed by atoms with E-state index in [1.54, 1.807) is 7.11 Å². The Morgan fingerprint density at radius 2 is 1.00 bits per heavy atom. The standard InChI is InChI=1S/C22H28N3O.3C7H7.Ti/c1-15(2)17-9-8-10-18(16(3)4)21(17)25-14-13-24(22(25)23)19-11-6-7-12-20(19)26-5;3*1-7-5-3-2-4-6-7;/h6-12,15-16H,13-14H2,1-5H3;3*2-6H,1H2;/q-1;;;;+1. The van der Waals surface area contributed by atoms with Crippen LogP contribution in [0, 0.1) is 0 Å². The van der Waals surface area contributed by atoms with E-state index in [2.05, 4.69) is 171 Å². The van der Waals surface area contributed by atoms with Crippen LogP contribution in [0.4, 0.5) is 11.4 Å². The second-order valence-electron chi connectivity index (χ2n) is 13.7. The number of hydrogen-bond acceptors (Lipinski definition) is 2. The Balaban J connectivity index is 1.63. The zero-order valence-electron chi connectivity index (χ0n) is 29.1. The molecule has 5 aromatic carbocycles. The first-order valence-corrected chi connectivity index (χ1v) is 21.4. The average Bonchev–Trinajstić information content (AvgIpc) is 3.51. The minimum atomic E-state index is -3.32. The SMILES string of the molecule is COc1ccccc1N1CCN(c2c(C(C)C)cccc2C(C)C)/C1=[N]/[Ti]([CH2]c1ccccc1)([CH2]c1ccccc1)[CH2]c1ccccc1. The van der Waals surface area contributed by atoms with Crippen LogP contribution in [0.2, 0.25) is 0 Å². The van der Waals surface area contributed by atoms with Gasteiger partial charge in [-0.05, 0) is 0 Å². The van der Waals surface area contributed by atoms with E-state index in [1.807, 2.05) is 0 Å². The van der Waals surface area contributed by atoms with Crippen molar-refractivity contribution in [3.05, 3.63) is 161 Å². The van der Waals surface area contributed by atoms with Crippen molar-refractivity contribution < 1.29 is 21.6 Å². The van der Waals surface area contributed by atoms with Gasteiger partial charge in [-0.3, -0.25) is 0 Å². The average molecular weight is 672 g/mol. The Labute approximate surface area is 291 Å². The van der Waals surface area contributed by atoms with Gasteiger partial charge in [-0.15, -0.1) is 0 Å². The fraction of sp³-hybridized carbons (Fsp3) is 0.279. The van der Waals surface area contributed by atoms with Crippen molar-refractivity contribution in [1.29, 1.82) is 0 Å². The van der Waals surface area contributed by atoms with Crippen molar-refractivity contribution in [2.75, 3.05) is 30.0 Å². The van der Waals surface area contributed by atoms with Gasteiger partial charge in [-0.1, -0.05) is 0 Å². The number of benzene rings is 5. The molecule has 0 radical (unpaired) electrons. The summed E-state index contributed by atoms with van der Waals surface area (Å²) in [4.78, 5) is 5.01. The number of nitrogens with zero attached hydrogens (tertiary/aromatic N) is 3. The second kappa shape index (κ2) is 15.4. The zero-order valence-corrected chi connectivity index (χ0v) is 30.7. The molecule has 1 saturated heterocycles. The molecule has 0 unspecified atom stereocenters. The van der Waals surface area contributed by atoms with Crippen LogP contribution in [0.3, 0.4) is 0 Å². The van der Waals surface area contributed by atoms with E-state index in [1.165, 1.54) is 33.5 Å².